The van der Waals surface area contributed by atoms with E-state index in [0.717, 1.165) is 6.07 Å². The molecule has 2 rings (SSSR count). The van der Waals surface area contributed by atoms with Crippen LogP contribution in [0.15, 0.2) is 41.5 Å². The Labute approximate surface area is 145 Å². The number of aromatic hydroxyl groups is 1. The van der Waals surface area contributed by atoms with Crippen molar-refractivity contribution in [2.45, 2.75) is 13.1 Å². The van der Waals surface area contributed by atoms with Gasteiger partial charge in [0.05, 0.1) is 23.3 Å². The van der Waals surface area contributed by atoms with Gasteiger partial charge in [0.15, 0.2) is 11.5 Å². The Kier molecular flexibility index (Phi) is 5.65. The number of alkyl halides is 3. The standard InChI is InChI=1S/C16H14F3N3O4/c1-2-26-15-6-3-10(7-14(15)23)9-20-21-12-5-4-11(16(17,18)19)8-13(12)22(24)25/h3-9,21,23H,2H2,1H3/b20-9+. The topological polar surface area (TPSA) is 97.0 Å². The number of nitro groups is 1. The van der Waals surface area contributed by atoms with Crippen molar-refractivity contribution in [1.82, 2.24) is 0 Å². The largest absolute Gasteiger partial charge is 0.504 e. The molecule has 0 bridgehead atoms. The predicted molar refractivity (Wildman–Crippen MR) is 88.6 cm³/mol. The molecule has 0 aliphatic carbocycles. The van der Waals surface area contributed by atoms with Crippen LogP contribution in [0.1, 0.15) is 18.1 Å². The number of nitrogens with zero attached hydrogens (tertiary/aromatic N) is 2. The fourth-order valence-electron chi connectivity index (χ4n) is 2.02. The first kappa shape index (κ1) is 19.0. The van der Waals surface area contributed by atoms with Crippen molar-refractivity contribution in [1.29, 1.82) is 0 Å². The molecular weight excluding hydrogens is 355 g/mol. The van der Waals surface area contributed by atoms with Gasteiger partial charge < -0.3 is 9.84 Å². The first-order valence-electron chi connectivity index (χ1n) is 7.33. The molecule has 0 aromatic heterocycles. The molecule has 26 heavy (non-hydrogen) atoms. The zero-order chi connectivity index (χ0) is 19.3. The van der Waals surface area contributed by atoms with Gasteiger partial charge in [0, 0.05) is 6.07 Å². The van der Waals surface area contributed by atoms with E-state index >= 15 is 0 Å². The van der Waals surface area contributed by atoms with Crippen molar-refractivity contribution in [2.24, 2.45) is 5.10 Å². The third kappa shape index (κ3) is 4.62. The summed E-state index contributed by atoms with van der Waals surface area (Å²) in [6.45, 7) is 2.13. The van der Waals surface area contributed by atoms with Crippen molar-refractivity contribution < 1.29 is 27.9 Å². The van der Waals surface area contributed by atoms with Gasteiger partial charge in [-0.3, -0.25) is 15.5 Å². The Morgan fingerprint density at radius 2 is 2.04 bits per heavy atom. The molecule has 0 unspecified atom stereocenters. The van der Waals surface area contributed by atoms with E-state index in [0.29, 0.717) is 24.3 Å². The zero-order valence-electron chi connectivity index (χ0n) is 13.4. The van der Waals surface area contributed by atoms with Crippen molar-refractivity contribution in [3.05, 3.63) is 57.6 Å². The molecule has 10 heteroatoms. The molecule has 2 aromatic rings. The van der Waals surface area contributed by atoms with Crippen LogP contribution in [0.4, 0.5) is 24.5 Å². The van der Waals surface area contributed by atoms with E-state index in [4.69, 9.17) is 4.74 Å². The SMILES string of the molecule is CCOc1ccc(/C=N/Nc2ccc(C(F)(F)F)cc2[N+](=O)[O-])cc1O. The lowest BCUT2D eigenvalue weighted by Crippen LogP contribution is -2.06. The molecule has 0 aliphatic rings. The summed E-state index contributed by atoms with van der Waals surface area (Å²) >= 11 is 0. The number of hydrogen-bond acceptors (Lipinski definition) is 6. The summed E-state index contributed by atoms with van der Waals surface area (Å²) in [4.78, 5) is 10.0. The molecule has 138 valence electrons. The van der Waals surface area contributed by atoms with Crippen LogP contribution in [0, 0.1) is 10.1 Å². The van der Waals surface area contributed by atoms with Crippen LogP contribution in [-0.2, 0) is 6.18 Å². The minimum atomic E-state index is -4.69. The Hall–Kier alpha value is -3.30. The van der Waals surface area contributed by atoms with Gasteiger partial charge in [0.25, 0.3) is 5.69 Å². The maximum absolute atomic E-state index is 12.7. The number of ether oxygens (including phenoxy) is 1. The Balaban J connectivity index is 2.19. The second kappa shape index (κ2) is 7.72. The average Bonchev–Trinajstić information content (AvgIpc) is 2.56. The third-order valence-electron chi connectivity index (χ3n) is 3.20. The molecule has 0 heterocycles. The van der Waals surface area contributed by atoms with E-state index in [1.54, 1.807) is 13.0 Å². The molecule has 7 nitrogen and oxygen atoms in total. The van der Waals surface area contributed by atoms with E-state index in [1.165, 1.54) is 18.3 Å². The summed E-state index contributed by atoms with van der Waals surface area (Å²) in [6.07, 6.45) is -3.44. The van der Waals surface area contributed by atoms with Crippen LogP contribution in [0.25, 0.3) is 0 Å². The van der Waals surface area contributed by atoms with Gasteiger partial charge in [0.2, 0.25) is 0 Å². The van der Waals surface area contributed by atoms with Crippen molar-refractivity contribution >= 4 is 17.6 Å². The normalized spacial score (nSPS) is 11.5. The van der Waals surface area contributed by atoms with Crippen LogP contribution in [0.2, 0.25) is 0 Å². The van der Waals surface area contributed by atoms with Gasteiger partial charge in [-0.25, -0.2) is 0 Å². The molecule has 0 saturated heterocycles. The zero-order valence-corrected chi connectivity index (χ0v) is 13.4. The van der Waals surface area contributed by atoms with Crippen LogP contribution in [-0.4, -0.2) is 22.9 Å². The van der Waals surface area contributed by atoms with E-state index in [1.807, 2.05) is 0 Å². The fourth-order valence-corrected chi connectivity index (χ4v) is 2.02. The van der Waals surface area contributed by atoms with Crippen LogP contribution >= 0.6 is 0 Å². The molecule has 0 spiro atoms. The number of anilines is 1. The Morgan fingerprint density at radius 1 is 1.31 bits per heavy atom. The number of hydrazone groups is 1. The Bertz CT molecular complexity index is 838. The molecule has 0 fully saturated rings. The summed E-state index contributed by atoms with van der Waals surface area (Å²) in [5.74, 6) is 0.173. The first-order valence-corrected chi connectivity index (χ1v) is 7.33. The number of hydrogen-bond donors (Lipinski definition) is 2. The van der Waals surface area contributed by atoms with Gasteiger partial charge >= 0.3 is 6.18 Å². The molecule has 2 N–H and O–H groups in total. The maximum Gasteiger partial charge on any atom is 0.416 e. The molecular formula is C16H14F3N3O4. The third-order valence-corrected chi connectivity index (χ3v) is 3.20. The highest BCUT2D eigenvalue weighted by Gasteiger charge is 2.33. The summed E-state index contributed by atoms with van der Waals surface area (Å²) < 4.78 is 43.1. The Morgan fingerprint density at radius 3 is 2.62 bits per heavy atom. The van der Waals surface area contributed by atoms with Crippen molar-refractivity contribution in [3.63, 3.8) is 0 Å². The first-order chi connectivity index (χ1) is 12.2. The summed E-state index contributed by atoms with van der Waals surface area (Å²) in [6, 6.07) is 6.53. The summed E-state index contributed by atoms with van der Waals surface area (Å²) in [5.41, 5.74) is 0.693. The lowest BCUT2D eigenvalue weighted by molar-refractivity contribution is -0.384. The second-order valence-electron chi connectivity index (χ2n) is 5.02. The minimum absolute atomic E-state index is 0.115. The van der Waals surface area contributed by atoms with Gasteiger partial charge in [-0.2, -0.15) is 18.3 Å². The van der Waals surface area contributed by atoms with Gasteiger partial charge in [-0.1, -0.05) is 0 Å². The molecule has 0 aliphatic heterocycles. The number of phenolic OH excluding ortho intramolecular Hbond substituents is 1. The molecule has 0 radical (unpaired) electrons. The van der Waals surface area contributed by atoms with Crippen LogP contribution < -0.4 is 10.2 Å². The van der Waals surface area contributed by atoms with Gasteiger partial charge in [0.1, 0.15) is 5.69 Å². The smallest absolute Gasteiger partial charge is 0.416 e. The average molecular weight is 369 g/mol. The van der Waals surface area contributed by atoms with Crippen LogP contribution in [0.3, 0.4) is 0 Å². The minimum Gasteiger partial charge on any atom is -0.504 e. The lowest BCUT2D eigenvalue weighted by Gasteiger charge is -2.08. The highest BCUT2D eigenvalue weighted by Crippen LogP contribution is 2.35. The second-order valence-corrected chi connectivity index (χ2v) is 5.02. The molecule has 0 amide bonds. The van der Waals surface area contributed by atoms with E-state index in [-0.39, 0.29) is 17.2 Å². The van der Waals surface area contributed by atoms with E-state index < -0.39 is 22.4 Å². The van der Waals surface area contributed by atoms with E-state index in [2.05, 4.69) is 10.5 Å². The van der Waals surface area contributed by atoms with E-state index in [9.17, 15) is 28.4 Å². The van der Waals surface area contributed by atoms with Crippen LogP contribution in [0.5, 0.6) is 11.5 Å². The highest BCUT2D eigenvalue weighted by atomic mass is 19.4. The lowest BCUT2D eigenvalue weighted by atomic mass is 10.1. The number of nitro benzene ring substituents is 1. The maximum atomic E-state index is 12.7. The number of phenols is 1. The summed E-state index contributed by atoms with van der Waals surface area (Å²) in [7, 11) is 0. The van der Waals surface area contributed by atoms with Gasteiger partial charge in [-0.05, 0) is 42.8 Å². The molecule has 0 atom stereocenters. The van der Waals surface area contributed by atoms with Crippen molar-refractivity contribution in [2.75, 3.05) is 12.0 Å². The number of benzene rings is 2. The predicted octanol–water partition coefficient (Wildman–Crippen LogP) is 4.16. The molecule has 0 saturated carbocycles. The highest BCUT2D eigenvalue weighted by molar-refractivity contribution is 5.81. The number of rotatable bonds is 6. The quantitative estimate of drug-likeness (QED) is 0.453. The number of nitrogens with one attached hydrogen (secondary N) is 1. The van der Waals surface area contributed by atoms with Gasteiger partial charge in [-0.15, -0.1) is 0 Å². The fraction of sp³-hybridized carbons (Fsp3) is 0.188. The van der Waals surface area contributed by atoms with Crippen molar-refractivity contribution in [3.8, 4) is 11.5 Å². The molecule has 2 aromatic carbocycles. The summed E-state index contributed by atoms with van der Waals surface area (Å²) in [5, 5.41) is 24.5. The monoisotopic (exact) mass is 369 g/mol. The number of halogens is 3.